The quantitative estimate of drug-likeness (QED) is 0.801. The highest BCUT2D eigenvalue weighted by molar-refractivity contribution is 5.86. The summed E-state index contributed by atoms with van der Waals surface area (Å²) in [5, 5.41) is 11.9. The van der Waals surface area contributed by atoms with E-state index < -0.39 is 5.82 Å². The van der Waals surface area contributed by atoms with E-state index in [4.69, 9.17) is 10.8 Å². The van der Waals surface area contributed by atoms with Gasteiger partial charge in [-0.2, -0.15) is 4.98 Å². The van der Waals surface area contributed by atoms with Gasteiger partial charge in [-0.15, -0.1) is 0 Å². The van der Waals surface area contributed by atoms with Crippen molar-refractivity contribution in [2.45, 2.75) is 39.7 Å². The lowest BCUT2D eigenvalue weighted by molar-refractivity contribution is 0.281. The highest BCUT2D eigenvalue weighted by Gasteiger charge is 2.10. The van der Waals surface area contributed by atoms with Crippen molar-refractivity contribution >= 4 is 22.8 Å². The topological polar surface area (TPSA) is 97.0 Å². The van der Waals surface area contributed by atoms with E-state index in [2.05, 4.69) is 34.1 Å². The van der Waals surface area contributed by atoms with Gasteiger partial charge in [0.05, 0.1) is 18.3 Å². The van der Waals surface area contributed by atoms with E-state index in [1.54, 1.807) is 6.92 Å². The lowest BCUT2D eigenvalue weighted by Crippen LogP contribution is -2.21. The van der Waals surface area contributed by atoms with Crippen molar-refractivity contribution in [2.75, 3.05) is 17.7 Å². The van der Waals surface area contributed by atoms with E-state index >= 15 is 0 Å². The molecule has 2 aromatic rings. The molecule has 116 valence electrons. The van der Waals surface area contributed by atoms with Crippen molar-refractivity contribution in [2.24, 2.45) is 0 Å². The second-order valence-electron chi connectivity index (χ2n) is 4.68. The minimum Gasteiger partial charge on any atom is -0.394 e. The third-order valence-electron chi connectivity index (χ3n) is 2.68. The Morgan fingerprint density at radius 1 is 1.33 bits per heavy atom. The van der Waals surface area contributed by atoms with Gasteiger partial charge >= 0.3 is 0 Å². The predicted molar refractivity (Wildman–Crippen MR) is 82.5 cm³/mol. The lowest BCUT2D eigenvalue weighted by Gasteiger charge is -2.13. The van der Waals surface area contributed by atoms with E-state index in [0.29, 0.717) is 16.9 Å². The van der Waals surface area contributed by atoms with Gasteiger partial charge < -0.3 is 16.2 Å². The minimum absolute atomic E-state index is 0.0255. The van der Waals surface area contributed by atoms with Crippen LogP contribution in [-0.4, -0.2) is 32.7 Å². The van der Waals surface area contributed by atoms with Crippen LogP contribution in [-0.2, 0) is 0 Å². The molecule has 2 heterocycles. The number of hydrogen-bond acceptors (Lipinski definition) is 6. The number of halogens is 1. The average Bonchev–Trinajstić information content (AvgIpc) is 2.46. The van der Waals surface area contributed by atoms with E-state index in [1.807, 2.05) is 0 Å². The van der Waals surface area contributed by atoms with Crippen LogP contribution >= 0.6 is 0 Å². The van der Waals surface area contributed by atoms with Crippen LogP contribution in [0, 0.1) is 5.82 Å². The molecule has 7 heteroatoms. The van der Waals surface area contributed by atoms with Crippen molar-refractivity contribution in [3.63, 3.8) is 0 Å². The molecule has 0 aliphatic carbocycles. The van der Waals surface area contributed by atoms with Gasteiger partial charge in [0.2, 0.25) is 5.95 Å². The van der Waals surface area contributed by atoms with E-state index in [0.717, 1.165) is 6.20 Å². The smallest absolute Gasteiger partial charge is 0.222 e. The number of nitrogen functional groups attached to an aromatic ring is 1. The Morgan fingerprint density at radius 2 is 2.00 bits per heavy atom. The molecule has 1 unspecified atom stereocenters. The third-order valence-corrected chi connectivity index (χ3v) is 2.68. The van der Waals surface area contributed by atoms with Crippen LogP contribution in [0.5, 0.6) is 0 Å². The third kappa shape index (κ3) is 5.11. The van der Waals surface area contributed by atoms with Gasteiger partial charge in [-0.1, -0.05) is 26.7 Å². The van der Waals surface area contributed by atoms with Gasteiger partial charge in [0.15, 0.2) is 5.82 Å². The summed E-state index contributed by atoms with van der Waals surface area (Å²) in [6.07, 6.45) is 3.72. The Kier molecular flexibility index (Phi) is 6.74. The van der Waals surface area contributed by atoms with Crippen LogP contribution in [0.2, 0.25) is 0 Å². The molecule has 6 nitrogen and oxygen atoms in total. The minimum atomic E-state index is -0.489. The molecule has 0 aromatic carbocycles. The molecule has 0 spiro atoms. The number of nitrogens with zero attached hydrogens (tertiary/aromatic N) is 3. The van der Waals surface area contributed by atoms with E-state index in [-0.39, 0.29) is 18.6 Å². The SMILES string of the molecule is CC(CO)Nc1nc(N)nc2cc(F)cnc12.CCCC. The molecule has 0 bridgehead atoms. The molecular weight excluding hydrogens is 273 g/mol. The van der Waals surface area contributed by atoms with Crippen LogP contribution in [0.1, 0.15) is 33.6 Å². The number of pyridine rings is 1. The Labute approximate surface area is 123 Å². The molecule has 0 aliphatic heterocycles. The first kappa shape index (κ1) is 17.0. The van der Waals surface area contributed by atoms with Gasteiger partial charge in [-0.3, -0.25) is 0 Å². The number of unbranched alkanes of at least 4 members (excludes halogenated alkanes) is 1. The number of hydrogen-bond donors (Lipinski definition) is 3. The fourth-order valence-electron chi connectivity index (χ4n) is 1.39. The Hall–Kier alpha value is -2.02. The first-order valence-corrected chi connectivity index (χ1v) is 6.97. The summed E-state index contributed by atoms with van der Waals surface area (Å²) in [5.74, 6) is -0.0802. The molecule has 0 aliphatic rings. The van der Waals surface area contributed by atoms with Crippen molar-refractivity contribution in [1.82, 2.24) is 15.0 Å². The second kappa shape index (κ2) is 8.31. The maximum absolute atomic E-state index is 13.0. The largest absolute Gasteiger partial charge is 0.394 e. The molecule has 21 heavy (non-hydrogen) atoms. The van der Waals surface area contributed by atoms with E-state index in [9.17, 15) is 4.39 Å². The summed E-state index contributed by atoms with van der Waals surface area (Å²) >= 11 is 0. The number of nitrogens with one attached hydrogen (secondary N) is 1. The number of nitrogens with two attached hydrogens (primary N) is 1. The van der Waals surface area contributed by atoms with Gasteiger partial charge in [0.25, 0.3) is 0 Å². The fourth-order valence-corrected chi connectivity index (χ4v) is 1.39. The molecule has 0 saturated carbocycles. The maximum Gasteiger partial charge on any atom is 0.222 e. The summed E-state index contributed by atoms with van der Waals surface area (Å²) < 4.78 is 13.0. The van der Waals surface area contributed by atoms with E-state index in [1.165, 1.54) is 18.9 Å². The van der Waals surface area contributed by atoms with Crippen LogP contribution in [0.15, 0.2) is 12.3 Å². The number of rotatable bonds is 4. The van der Waals surface area contributed by atoms with Crippen molar-refractivity contribution in [3.8, 4) is 0 Å². The fraction of sp³-hybridized carbons (Fsp3) is 0.500. The predicted octanol–water partition coefficient (Wildman–Crippen LogP) is 2.35. The summed E-state index contributed by atoms with van der Waals surface area (Å²) in [5.41, 5.74) is 6.26. The van der Waals surface area contributed by atoms with Crippen molar-refractivity contribution < 1.29 is 9.50 Å². The molecule has 2 rings (SSSR count). The van der Waals surface area contributed by atoms with Crippen LogP contribution in [0.3, 0.4) is 0 Å². The zero-order valence-electron chi connectivity index (χ0n) is 12.6. The number of aliphatic hydroxyl groups excluding tert-OH is 1. The lowest BCUT2D eigenvalue weighted by atomic mass is 10.3. The Balaban J connectivity index is 0.000000491. The molecule has 4 N–H and O–H groups in total. The molecule has 0 saturated heterocycles. The van der Waals surface area contributed by atoms with Gasteiger partial charge in [0, 0.05) is 12.1 Å². The number of aliphatic hydroxyl groups is 1. The molecule has 1 atom stereocenters. The number of anilines is 2. The second-order valence-corrected chi connectivity index (χ2v) is 4.68. The van der Waals surface area contributed by atoms with Gasteiger partial charge in [-0.25, -0.2) is 14.4 Å². The molecule has 0 fully saturated rings. The summed E-state index contributed by atoms with van der Waals surface area (Å²) in [6, 6.07) is 1.02. The average molecular weight is 295 g/mol. The normalized spacial score (nSPS) is 11.7. The van der Waals surface area contributed by atoms with Crippen LogP contribution in [0.4, 0.5) is 16.2 Å². The highest BCUT2D eigenvalue weighted by atomic mass is 19.1. The molecule has 0 amide bonds. The first-order valence-electron chi connectivity index (χ1n) is 6.97. The standard InChI is InChI=1S/C10H12FN5O.C4H10/c1-5(4-17)14-9-8-7(15-10(12)16-9)2-6(11)3-13-8;1-3-4-2/h2-3,5,17H,4H2,1H3,(H3,12,14,15,16);3-4H2,1-2H3. The highest BCUT2D eigenvalue weighted by Crippen LogP contribution is 2.19. The van der Waals surface area contributed by atoms with Crippen LogP contribution < -0.4 is 11.1 Å². The molecule has 0 radical (unpaired) electrons. The van der Waals surface area contributed by atoms with Gasteiger partial charge in [0.1, 0.15) is 11.3 Å². The Bertz CT molecular complexity index is 571. The number of fused-ring (bicyclic) bond motifs is 1. The summed E-state index contributed by atoms with van der Waals surface area (Å²) in [7, 11) is 0. The molecular formula is C14H22FN5O. The number of aromatic nitrogens is 3. The van der Waals surface area contributed by atoms with Crippen LogP contribution in [0.25, 0.3) is 11.0 Å². The van der Waals surface area contributed by atoms with Gasteiger partial charge in [-0.05, 0) is 6.92 Å². The summed E-state index contributed by atoms with van der Waals surface area (Å²) in [6.45, 7) is 6.07. The van der Waals surface area contributed by atoms with Crippen molar-refractivity contribution in [1.29, 1.82) is 0 Å². The Morgan fingerprint density at radius 3 is 2.57 bits per heavy atom. The van der Waals surface area contributed by atoms with Crippen molar-refractivity contribution in [3.05, 3.63) is 18.1 Å². The maximum atomic E-state index is 13.0. The molecule has 2 aromatic heterocycles. The zero-order chi connectivity index (χ0) is 15.8. The first-order chi connectivity index (χ1) is 10.0. The summed E-state index contributed by atoms with van der Waals surface area (Å²) in [4.78, 5) is 11.8. The zero-order valence-corrected chi connectivity index (χ0v) is 12.6. The monoisotopic (exact) mass is 295 g/mol.